The number of nitrogens with one attached hydrogen (secondary N) is 1. The Bertz CT molecular complexity index is 418. The molecule has 16 heavy (non-hydrogen) atoms. The summed E-state index contributed by atoms with van der Waals surface area (Å²) >= 11 is 0. The van der Waals surface area contributed by atoms with E-state index in [4.69, 9.17) is 0 Å². The second kappa shape index (κ2) is 5.97. The van der Waals surface area contributed by atoms with Crippen LogP contribution in [0.4, 0.5) is 0 Å². The fraction of sp³-hybridized carbons (Fsp3) is 0.357. The van der Waals surface area contributed by atoms with Crippen LogP contribution in [0.2, 0.25) is 0 Å². The van der Waals surface area contributed by atoms with Crippen molar-refractivity contribution in [2.75, 3.05) is 6.54 Å². The molecular formula is C14H17NO. The van der Waals surface area contributed by atoms with Crippen LogP contribution in [0.15, 0.2) is 18.2 Å². The van der Waals surface area contributed by atoms with Gasteiger partial charge in [0.25, 0.3) is 0 Å². The molecule has 1 aromatic carbocycles. The fourth-order valence-corrected chi connectivity index (χ4v) is 1.46. The first-order valence-electron chi connectivity index (χ1n) is 5.41. The molecule has 0 spiro atoms. The van der Waals surface area contributed by atoms with Gasteiger partial charge in [0.1, 0.15) is 0 Å². The summed E-state index contributed by atoms with van der Waals surface area (Å²) < 4.78 is 0. The first-order valence-corrected chi connectivity index (χ1v) is 5.41. The van der Waals surface area contributed by atoms with Gasteiger partial charge < -0.3 is 5.32 Å². The molecule has 0 atom stereocenters. The van der Waals surface area contributed by atoms with E-state index in [1.54, 1.807) is 0 Å². The Morgan fingerprint density at radius 1 is 1.31 bits per heavy atom. The van der Waals surface area contributed by atoms with E-state index in [9.17, 15) is 4.79 Å². The molecule has 0 heterocycles. The molecule has 1 amide bonds. The predicted octanol–water partition coefficient (Wildman–Crippen LogP) is 2.18. The number of hydrogen-bond acceptors (Lipinski definition) is 1. The molecular weight excluding hydrogens is 198 g/mol. The number of benzene rings is 1. The molecule has 0 aliphatic carbocycles. The van der Waals surface area contributed by atoms with E-state index in [1.165, 1.54) is 18.1 Å². The smallest absolute Gasteiger partial charge is 0.216 e. The van der Waals surface area contributed by atoms with E-state index in [0.29, 0.717) is 13.0 Å². The van der Waals surface area contributed by atoms with Gasteiger partial charge in [-0.05, 0) is 25.0 Å². The standard InChI is InChI=1S/C14H17NO/c1-11-7-6-8-12(2)14(11)9-4-5-10-15-13(3)16/h6-8H,5,10H2,1-3H3,(H,15,16). The average Bonchev–Trinajstić information content (AvgIpc) is 2.21. The Morgan fingerprint density at radius 2 is 1.94 bits per heavy atom. The maximum atomic E-state index is 10.6. The van der Waals surface area contributed by atoms with Crippen LogP contribution in [0.25, 0.3) is 0 Å². The summed E-state index contributed by atoms with van der Waals surface area (Å²) in [6.07, 6.45) is 0.688. The van der Waals surface area contributed by atoms with Gasteiger partial charge in [-0.2, -0.15) is 0 Å². The van der Waals surface area contributed by atoms with E-state index in [0.717, 1.165) is 5.56 Å². The third-order valence-electron chi connectivity index (χ3n) is 2.32. The van der Waals surface area contributed by atoms with Gasteiger partial charge >= 0.3 is 0 Å². The molecule has 0 radical (unpaired) electrons. The highest BCUT2D eigenvalue weighted by Gasteiger charge is 1.96. The number of carbonyl (C=O) groups excluding carboxylic acids is 1. The Morgan fingerprint density at radius 3 is 2.50 bits per heavy atom. The van der Waals surface area contributed by atoms with Crippen molar-refractivity contribution in [2.45, 2.75) is 27.2 Å². The van der Waals surface area contributed by atoms with Gasteiger partial charge in [0.15, 0.2) is 0 Å². The summed E-state index contributed by atoms with van der Waals surface area (Å²) in [4.78, 5) is 10.6. The zero-order valence-electron chi connectivity index (χ0n) is 10.1. The van der Waals surface area contributed by atoms with Crippen LogP contribution < -0.4 is 5.32 Å². The number of amides is 1. The lowest BCUT2D eigenvalue weighted by Gasteiger charge is -2.01. The Balaban J connectivity index is 2.60. The SMILES string of the molecule is CC(=O)NCCC#Cc1c(C)cccc1C. The molecule has 0 bridgehead atoms. The van der Waals surface area contributed by atoms with Crippen LogP contribution in [0.1, 0.15) is 30.0 Å². The van der Waals surface area contributed by atoms with Gasteiger partial charge in [-0.3, -0.25) is 4.79 Å². The molecule has 1 aromatic rings. The second-order valence-electron chi connectivity index (χ2n) is 3.80. The number of aryl methyl sites for hydroxylation is 2. The first kappa shape index (κ1) is 12.3. The van der Waals surface area contributed by atoms with E-state index in [1.807, 2.05) is 6.07 Å². The summed E-state index contributed by atoms with van der Waals surface area (Å²) in [5.74, 6) is 6.22. The van der Waals surface area contributed by atoms with Crippen LogP contribution in [-0.2, 0) is 4.79 Å². The molecule has 2 nitrogen and oxygen atoms in total. The molecule has 84 valence electrons. The van der Waals surface area contributed by atoms with Crippen molar-refractivity contribution in [3.05, 3.63) is 34.9 Å². The van der Waals surface area contributed by atoms with Crippen molar-refractivity contribution in [1.82, 2.24) is 5.32 Å². The Labute approximate surface area is 97.1 Å². The van der Waals surface area contributed by atoms with Crippen molar-refractivity contribution >= 4 is 5.91 Å². The lowest BCUT2D eigenvalue weighted by molar-refractivity contribution is -0.118. The maximum Gasteiger partial charge on any atom is 0.216 e. The van der Waals surface area contributed by atoms with Gasteiger partial charge in [0, 0.05) is 25.5 Å². The number of rotatable bonds is 2. The van der Waals surface area contributed by atoms with Crippen molar-refractivity contribution < 1.29 is 4.79 Å². The molecule has 0 saturated heterocycles. The summed E-state index contributed by atoms with van der Waals surface area (Å²) in [7, 11) is 0. The van der Waals surface area contributed by atoms with E-state index in [-0.39, 0.29) is 5.91 Å². The topological polar surface area (TPSA) is 29.1 Å². The van der Waals surface area contributed by atoms with Gasteiger partial charge in [-0.15, -0.1) is 0 Å². The van der Waals surface area contributed by atoms with Crippen LogP contribution >= 0.6 is 0 Å². The quantitative estimate of drug-likeness (QED) is 0.594. The van der Waals surface area contributed by atoms with Crippen molar-refractivity contribution in [2.24, 2.45) is 0 Å². The Hall–Kier alpha value is -1.75. The summed E-state index contributed by atoms with van der Waals surface area (Å²) in [6, 6.07) is 6.16. The summed E-state index contributed by atoms with van der Waals surface area (Å²) in [5, 5.41) is 2.72. The molecule has 1 rings (SSSR count). The van der Waals surface area contributed by atoms with Crippen LogP contribution in [0, 0.1) is 25.7 Å². The zero-order valence-corrected chi connectivity index (χ0v) is 10.1. The summed E-state index contributed by atoms with van der Waals surface area (Å²) in [5.41, 5.74) is 3.50. The Kier molecular flexibility index (Phi) is 4.60. The molecule has 2 heteroatoms. The lowest BCUT2D eigenvalue weighted by atomic mass is 10.0. The van der Waals surface area contributed by atoms with Crippen LogP contribution in [0.3, 0.4) is 0 Å². The largest absolute Gasteiger partial charge is 0.355 e. The number of hydrogen-bond donors (Lipinski definition) is 1. The van der Waals surface area contributed by atoms with Gasteiger partial charge in [-0.1, -0.05) is 30.0 Å². The van der Waals surface area contributed by atoms with Crippen molar-refractivity contribution in [3.8, 4) is 11.8 Å². The second-order valence-corrected chi connectivity index (χ2v) is 3.80. The van der Waals surface area contributed by atoms with Gasteiger partial charge in [0.2, 0.25) is 5.91 Å². The van der Waals surface area contributed by atoms with E-state index >= 15 is 0 Å². The highest BCUT2D eigenvalue weighted by molar-refractivity contribution is 5.72. The van der Waals surface area contributed by atoms with E-state index < -0.39 is 0 Å². The average molecular weight is 215 g/mol. The molecule has 0 fully saturated rings. The molecule has 0 aliphatic heterocycles. The molecule has 0 aliphatic rings. The monoisotopic (exact) mass is 215 g/mol. The minimum absolute atomic E-state index is 0.00567. The maximum absolute atomic E-state index is 10.6. The molecule has 0 unspecified atom stereocenters. The fourth-order valence-electron chi connectivity index (χ4n) is 1.46. The predicted molar refractivity (Wildman–Crippen MR) is 66.1 cm³/mol. The van der Waals surface area contributed by atoms with E-state index in [2.05, 4.69) is 43.1 Å². The van der Waals surface area contributed by atoms with Gasteiger partial charge in [0.05, 0.1) is 0 Å². The van der Waals surface area contributed by atoms with Crippen LogP contribution in [0.5, 0.6) is 0 Å². The van der Waals surface area contributed by atoms with Crippen molar-refractivity contribution in [1.29, 1.82) is 0 Å². The van der Waals surface area contributed by atoms with Crippen molar-refractivity contribution in [3.63, 3.8) is 0 Å². The van der Waals surface area contributed by atoms with Crippen LogP contribution in [-0.4, -0.2) is 12.5 Å². The lowest BCUT2D eigenvalue weighted by Crippen LogP contribution is -2.20. The van der Waals surface area contributed by atoms with Gasteiger partial charge in [-0.25, -0.2) is 0 Å². The number of carbonyl (C=O) groups is 1. The molecule has 1 N–H and O–H groups in total. The third-order valence-corrected chi connectivity index (χ3v) is 2.32. The minimum Gasteiger partial charge on any atom is -0.355 e. The summed E-state index contributed by atoms with van der Waals surface area (Å²) in [6.45, 7) is 6.25. The highest BCUT2D eigenvalue weighted by atomic mass is 16.1. The normalized spacial score (nSPS) is 9.19. The third kappa shape index (κ3) is 3.78. The molecule has 0 aromatic heterocycles. The molecule has 0 saturated carbocycles. The minimum atomic E-state index is -0.00567. The zero-order chi connectivity index (χ0) is 12.0. The first-order chi connectivity index (χ1) is 7.61. The highest BCUT2D eigenvalue weighted by Crippen LogP contribution is 2.11.